The van der Waals surface area contributed by atoms with Crippen LogP contribution in [0.15, 0.2) is 0 Å². The highest BCUT2D eigenvalue weighted by molar-refractivity contribution is 8.10. The molecule has 0 radical (unpaired) electrons. The minimum atomic E-state index is 0.613. The van der Waals surface area contributed by atoms with Gasteiger partial charge in [0.15, 0.2) is 0 Å². The summed E-state index contributed by atoms with van der Waals surface area (Å²) in [7, 11) is 1.33. The lowest BCUT2D eigenvalue weighted by Crippen LogP contribution is -1.92. The Labute approximate surface area is 71.0 Å². The van der Waals surface area contributed by atoms with Crippen molar-refractivity contribution in [3.8, 4) is 0 Å². The Morgan fingerprint density at radius 2 is 2.33 bits per heavy atom. The van der Waals surface area contributed by atoms with Gasteiger partial charge in [0.2, 0.25) is 0 Å². The molecular formula is C6H16S2Si. The maximum absolute atomic E-state index is 4.43. The first-order chi connectivity index (χ1) is 4.31. The summed E-state index contributed by atoms with van der Waals surface area (Å²) >= 11 is 6.42. The summed E-state index contributed by atoms with van der Waals surface area (Å²) in [4.78, 5) is 0. The number of hydrogen-bond acceptors (Lipinski definition) is 2. The van der Waals surface area contributed by atoms with Gasteiger partial charge in [-0.05, 0) is 18.6 Å². The quantitative estimate of drug-likeness (QED) is 0.381. The second-order valence-corrected chi connectivity index (χ2v) is 5.40. The molecule has 0 aromatic heterocycles. The SMILES string of the molecule is CCCSC(S)CC[SiH3]. The lowest BCUT2D eigenvalue weighted by Gasteiger charge is -2.06. The minimum Gasteiger partial charge on any atom is -0.165 e. The minimum absolute atomic E-state index is 0.613. The molecule has 0 saturated heterocycles. The third-order valence-corrected chi connectivity index (χ3v) is 3.60. The fourth-order valence-corrected chi connectivity index (χ4v) is 3.55. The highest BCUT2D eigenvalue weighted by Gasteiger charge is 1.98. The number of hydrogen-bond donors (Lipinski definition) is 1. The average Bonchev–Trinajstić information content (AvgIpc) is 1.85. The summed E-state index contributed by atoms with van der Waals surface area (Å²) < 4.78 is 0.613. The molecule has 0 aromatic carbocycles. The third-order valence-electron chi connectivity index (χ3n) is 1.05. The first-order valence-electron chi connectivity index (χ1n) is 3.61. The van der Waals surface area contributed by atoms with Crippen LogP contribution in [0.2, 0.25) is 6.04 Å². The van der Waals surface area contributed by atoms with Gasteiger partial charge in [-0.1, -0.05) is 13.0 Å². The summed E-state index contributed by atoms with van der Waals surface area (Å²) in [5.74, 6) is 1.27. The van der Waals surface area contributed by atoms with E-state index in [1.165, 1.54) is 34.9 Å². The molecule has 0 amide bonds. The van der Waals surface area contributed by atoms with Crippen LogP contribution >= 0.6 is 24.4 Å². The molecule has 0 aliphatic heterocycles. The monoisotopic (exact) mass is 180 g/mol. The Balaban J connectivity index is 2.95. The van der Waals surface area contributed by atoms with E-state index in [2.05, 4.69) is 19.6 Å². The van der Waals surface area contributed by atoms with E-state index in [0.29, 0.717) is 4.58 Å². The Kier molecular flexibility index (Phi) is 7.75. The van der Waals surface area contributed by atoms with Gasteiger partial charge in [0, 0.05) is 14.8 Å². The van der Waals surface area contributed by atoms with Gasteiger partial charge < -0.3 is 0 Å². The Hall–Kier alpha value is 0.917. The lowest BCUT2D eigenvalue weighted by molar-refractivity contribution is 1.04. The summed E-state index contributed by atoms with van der Waals surface area (Å²) in [6, 6.07) is 1.39. The van der Waals surface area contributed by atoms with Crippen LogP contribution in [0.4, 0.5) is 0 Å². The molecule has 0 aliphatic rings. The van der Waals surface area contributed by atoms with Gasteiger partial charge in [0.1, 0.15) is 0 Å². The van der Waals surface area contributed by atoms with Crippen LogP contribution in [-0.4, -0.2) is 20.6 Å². The highest BCUT2D eigenvalue weighted by Crippen LogP contribution is 2.19. The largest absolute Gasteiger partial charge is 0.165 e. The van der Waals surface area contributed by atoms with E-state index in [1.807, 2.05) is 11.8 Å². The van der Waals surface area contributed by atoms with Gasteiger partial charge in [-0.3, -0.25) is 0 Å². The normalized spacial score (nSPS) is 14.0. The zero-order valence-corrected chi connectivity index (χ0v) is 9.97. The van der Waals surface area contributed by atoms with Crippen molar-refractivity contribution in [2.24, 2.45) is 0 Å². The third kappa shape index (κ3) is 6.81. The van der Waals surface area contributed by atoms with Crippen LogP contribution in [0.1, 0.15) is 19.8 Å². The van der Waals surface area contributed by atoms with Crippen LogP contribution in [0.25, 0.3) is 0 Å². The molecule has 0 fully saturated rings. The molecule has 9 heavy (non-hydrogen) atoms. The van der Waals surface area contributed by atoms with Crippen molar-refractivity contribution in [3.05, 3.63) is 0 Å². The molecule has 0 saturated carbocycles. The van der Waals surface area contributed by atoms with Crippen LogP contribution in [0.5, 0.6) is 0 Å². The zero-order chi connectivity index (χ0) is 7.11. The van der Waals surface area contributed by atoms with Crippen molar-refractivity contribution in [1.82, 2.24) is 0 Å². The topological polar surface area (TPSA) is 0 Å². The maximum atomic E-state index is 4.43. The number of thioether (sulfide) groups is 1. The first-order valence-corrected chi connectivity index (χ1v) is 6.58. The molecule has 0 heterocycles. The van der Waals surface area contributed by atoms with Crippen LogP contribution in [0.3, 0.4) is 0 Å². The molecule has 0 aromatic rings. The van der Waals surface area contributed by atoms with Crippen molar-refractivity contribution in [2.45, 2.75) is 30.4 Å². The van der Waals surface area contributed by atoms with Gasteiger partial charge in [0.25, 0.3) is 0 Å². The van der Waals surface area contributed by atoms with Crippen molar-refractivity contribution in [3.63, 3.8) is 0 Å². The average molecular weight is 180 g/mol. The lowest BCUT2D eigenvalue weighted by atomic mass is 10.6. The van der Waals surface area contributed by atoms with Crippen LogP contribution in [0, 0.1) is 0 Å². The van der Waals surface area contributed by atoms with Gasteiger partial charge >= 0.3 is 0 Å². The molecule has 0 rings (SSSR count). The second-order valence-electron chi connectivity index (χ2n) is 2.11. The predicted molar refractivity (Wildman–Crippen MR) is 54.9 cm³/mol. The van der Waals surface area contributed by atoms with Crippen molar-refractivity contribution in [2.75, 3.05) is 5.75 Å². The van der Waals surface area contributed by atoms with E-state index >= 15 is 0 Å². The van der Waals surface area contributed by atoms with E-state index in [0.717, 1.165) is 0 Å². The zero-order valence-electron chi connectivity index (χ0n) is 6.26. The van der Waals surface area contributed by atoms with E-state index in [-0.39, 0.29) is 0 Å². The molecule has 1 unspecified atom stereocenters. The Morgan fingerprint density at radius 3 is 2.78 bits per heavy atom. The highest BCUT2D eigenvalue weighted by atomic mass is 32.2. The van der Waals surface area contributed by atoms with E-state index in [9.17, 15) is 0 Å². The van der Waals surface area contributed by atoms with E-state index < -0.39 is 0 Å². The van der Waals surface area contributed by atoms with Crippen LogP contribution in [-0.2, 0) is 0 Å². The number of thiol groups is 1. The fourth-order valence-electron chi connectivity index (χ4n) is 0.584. The molecule has 0 spiro atoms. The van der Waals surface area contributed by atoms with Gasteiger partial charge in [-0.2, -0.15) is 12.6 Å². The van der Waals surface area contributed by atoms with Crippen molar-refractivity contribution < 1.29 is 0 Å². The predicted octanol–water partition coefficient (Wildman–Crippen LogP) is 1.56. The molecule has 3 heteroatoms. The summed E-state index contributed by atoms with van der Waals surface area (Å²) in [5, 5.41) is 0. The van der Waals surface area contributed by atoms with Crippen molar-refractivity contribution in [1.29, 1.82) is 0 Å². The first kappa shape index (κ1) is 9.92. The van der Waals surface area contributed by atoms with E-state index in [4.69, 9.17) is 0 Å². The summed E-state index contributed by atoms with van der Waals surface area (Å²) in [6.07, 6.45) is 2.59. The fraction of sp³-hybridized carbons (Fsp3) is 1.00. The van der Waals surface area contributed by atoms with Gasteiger partial charge in [0.05, 0.1) is 0 Å². The standard InChI is InChI=1S/C6H16S2Si/c1-2-4-8-6(7)3-5-9/h6-7H,2-5H2,1,9H3. The molecular weight excluding hydrogens is 164 g/mol. The molecule has 0 nitrogen and oxygen atoms in total. The van der Waals surface area contributed by atoms with Crippen LogP contribution < -0.4 is 0 Å². The van der Waals surface area contributed by atoms with E-state index in [1.54, 1.807) is 0 Å². The number of rotatable bonds is 5. The summed E-state index contributed by atoms with van der Waals surface area (Å²) in [5.41, 5.74) is 0. The Morgan fingerprint density at radius 1 is 1.67 bits per heavy atom. The molecule has 0 N–H and O–H groups in total. The van der Waals surface area contributed by atoms with Gasteiger partial charge in [-0.25, -0.2) is 0 Å². The maximum Gasteiger partial charge on any atom is 0.0469 e. The van der Waals surface area contributed by atoms with Gasteiger partial charge in [-0.15, -0.1) is 11.8 Å². The Bertz CT molecular complexity index is 59.0. The molecule has 0 bridgehead atoms. The van der Waals surface area contributed by atoms with Crippen molar-refractivity contribution >= 4 is 34.6 Å². The molecule has 56 valence electrons. The molecule has 0 aliphatic carbocycles. The molecule has 1 atom stereocenters. The summed E-state index contributed by atoms with van der Waals surface area (Å²) in [6.45, 7) is 2.22. The smallest absolute Gasteiger partial charge is 0.0469 e. The second kappa shape index (κ2) is 7.03.